The van der Waals surface area contributed by atoms with Gasteiger partial charge in [-0.2, -0.15) is 0 Å². The lowest BCUT2D eigenvalue weighted by molar-refractivity contribution is 0.533. The Morgan fingerprint density at radius 1 is 1.13 bits per heavy atom. The highest BCUT2D eigenvalue weighted by molar-refractivity contribution is 7.91. The minimum absolute atomic E-state index is 0.328. The molecule has 0 aliphatic carbocycles. The summed E-state index contributed by atoms with van der Waals surface area (Å²) in [6.45, 7) is 4.14. The van der Waals surface area contributed by atoms with Crippen LogP contribution in [-0.4, -0.2) is 25.8 Å². The van der Waals surface area contributed by atoms with Crippen molar-refractivity contribution in [1.29, 1.82) is 0 Å². The monoisotopic (exact) mass is 254 g/mol. The largest absolute Gasteiger partial charge is 0.229 e. The number of hydrogen-bond donors (Lipinski definition) is 0. The minimum atomic E-state index is -2.81. The molecule has 0 aromatic rings. The molecule has 0 heterocycles. The quantitative estimate of drug-likeness (QED) is 0.468. The van der Waals surface area contributed by atoms with Crippen molar-refractivity contribution in [2.24, 2.45) is 5.92 Å². The van der Waals surface area contributed by atoms with Gasteiger partial charge in [0.15, 0.2) is 0 Å². The van der Waals surface area contributed by atoms with Crippen molar-refractivity contribution in [3.63, 3.8) is 0 Å². The summed E-state index contributed by atoms with van der Waals surface area (Å²) < 4.78 is 23.2. The van der Waals surface area contributed by atoms with Crippen LogP contribution in [0.4, 0.5) is 0 Å². The van der Waals surface area contributed by atoms with Gasteiger partial charge in [0.2, 0.25) is 0 Å². The molecule has 0 aliphatic rings. The van der Waals surface area contributed by atoms with Crippen LogP contribution in [0.5, 0.6) is 0 Å². The Labute approximate surface area is 99.3 Å². The van der Waals surface area contributed by atoms with E-state index >= 15 is 0 Å². The lowest BCUT2D eigenvalue weighted by Gasteiger charge is -2.09. The van der Waals surface area contributed by atoms with Gasteiger partial charge in [0.1, 0.15) is 9.84 Å². The molecule has 0 rings (SSSR count). The number of halogens is 1. The molecule has 0 spiro atoms. The fourth-order valence-electron chi connectivity index (χ4n) is 1.39. The fraction of sp³-hybridized carbons (Fsp3) is 1.00. The maximum absolute atomic E-state index is 11.6. The zero-order valence-corrected chi connectivity index (χ0v) is 11.4. The maximum atomic E-state index is 11.6. The van der Waals surface area contributed by atoms with Gasteiger partial charge < -0.3 is 0 Å². The minimum Gasteiger partial charge on any atom is -0.229 e. The third kappa shape index (κ3) is 9.19. The van der Waals surface area contributed by atoms with Crippen LogP contribution in [0.25, 0.3) is 0 Å². The Kier molecular flexibility index (Phi) is 8.53. The van der Waals surface area contributed by atoms with Crippen molar-refractivity contribution in [1.82, 2.24) is 0 Å². The lowest BCUT2D eigenvalue weighted by Crippen LogP contribution is -2.13. The van der Waals surface area contributed by atoms with E-state index in [1.165, 1.54) is 0 Å². The number of rotatable bonds is 9. The average Bonchev–Trinajstić information content (AvgIpc) is 2.16. The summed E-state index contributed by atoms with van der Waals surface area (Å²) >= 11 is 5.60. The van der Waals surface area contributed by atoms with E-state index in [-0.39, 0.29) is 0 Å². The summed E-state index contributed by atoms with van der Waals surface area (Å²) in [4.78, 5) is 0. The van der Waals surface area contributed by atoms with Gasteiger partial charge in [-0.25, -0.2) is 8.42 Å². The molecule has 0 radical (unpaired) electrons. The second kappa shape index (κ2) is 8.40. The second-order valence-electron chi connectivity index (χ2n) is 4.23. The van der Waals surface area contributed by atoms with E-state index in [0.29, 0.717) is 23.3 Å². The van der Waals surface area contributed by atoms with Crippen LogP contribution in [0.3, 0.4) is 0 Å². The molecule has 92 valence electrons. The first kappa shape index (κ1) is 15.2. The molecule has 15 heavy (non-hydrogen) atoms. The van der Waals surface area contributed by atoms with Gasteiger partial charge >= 0.3 is 0 Å². The summed E-state index contributed by atoms with van der Waals surface area (Å²) in [5, 5.41) is 0. The van der Waals surface area contributed by atoms with Gasteiger partial charge in [0.05, 0.1) is 11.5 Å². The third-order valence-electron chi connectivity index (χ3n) is 2.58. The molecular weight excluding hydrogens is 232 g/mol. The Hall–Kier alpha value is 0.240. The highest BCUT2D eigenvalue weighted by Crippen LogP contribution is 2.11. The van der Waals surface area contributed by atoms with E-state index in [9.17, 15) is 8.42 Å². The molecule has 0 bridgehead atoms. The highest BCUT2D eigenvalue weighted by Gasteiger charge is 2.12. The van der Waals surface area contributed by atoms with E-state index < -0.39 is 9.84 Å². The normalized spacial score (nSPS) is 14.1. The number of hydrogen-bond acceptors (Lipinski definition) is 2. The molecule has 4 heteroatoms. The van der Waals surface area contributed by atoms with Crippen molar-refractivity contribution in [3.05, 3.63) is 0 Å². The molecular formula is C11H23ClO2S. The smallest absolute Gasteiger partial charge is 0.150 e. The SMILES string of the molecule is CCCCCS(=O)(=O)CCC(C)CCCl. The van der Waals surface area contributed by atoms with E-state index in [4.69, 9.17) is 11.6 Å². The summed E-state index contributed by atoms with van der Waals surface area (Å²) in [7, 11) is -2.81. The van der Waals surface area contributed by atoms with Crippen LogP contribution < -0.4 is 0 Å². The standard InChI is InChI=1S/C11H23ClO2S/c1-3-4-5-9-15(13,14)10-7-11(2)6-8-12/h11H,3-10H2,1-2H3. The first-order valence-electron chi connectivity index (χ1n) is 5.78. The molecule has 0 amide bonds. The van der Waals surface area contributed by atoms with E-state index in [1.807, 2.05) is 0 Å². The van der Waals surface area contributed by atoms with Gasteiger partial charge in [0, 0.05) is 5.88 Å². The fourth-order valence-corrected chi connectivity index (χ4v) is 3.37. The molecule has 0 aromatic heterocycles. The van der Waals surface area contributed by atoms with Crippen LogP contribution in [-0.2, 0) is 9.84 Å². The Bertz CT molecular complexity index is 237. The summed E-state index contributed by atoms with van der Waals surface area (Å²) in [5.41, 5.74) is 0. The van der Waals surface area contributed by atoms with E-state index in [0.717, 1.165) is 32.1 Å². The van der Waals surface area contributed by atoms with Crippen molar-refractivity contribution in [3.8, 4) is 0 Å². The summed E-state index contributed by atoms with van der Waals surface area (Å²) in [6.07, 6.45) is 4.55. The highest BCUT2D eigenvalue weighted by atomic mass is 35.5. The molecule has 0 fully saturated rings. The third-order valence-corrected chi connectivity index (χ3v) is 4.57. The number of sulfone groups is 1. The topological polar surface area (TPSA) is 34.1 Å². The molecule has 0 aromatic carbocycles. The Morgan fingerprint density at radius 2 is 1.80 bits per heavy atom. The first-order chi connectivity index (χ1) is 7.02. The van der Waals surface area contributed by atoms with E-state index in [1.54, 1.807) is 0 Å². The molecule has 0 saturated heterocycles. The molecule has 0 N–H and O–H groups in total. The number of unbranched alkanes of at least 4 members (excludes halogenated alkanes) is 2. The molecule has 1 atom stereocenters. The summed E-state index contributed by atoms with van der Waals surface area (Å²) in [5.74, 6) is 1.73. The van der Waals surface area contributed by atoms with Crippen molar-refractivity contribution in [2.45, 2.75) is 46.0 Å². The van der Waals surface area contributed by atoms with Crippen LogP contribution in [0, 0.1) is 5.92 Å². The van der Waals surface area contributed by atoms with Crippen LogP contribution in [0.1, 0.15) is 46.0 Å². The maximum Gasteiger partial charge on any atom is 0.150 e. The van der Waals surface area contributed by atoms with Crippen LogP contribution >= 0.6 is 11.6 Å². The van der Waals surface area contributed by atoms with Crippen LogP contribution in [0.2, 0.25) is 0 Å². The van der Waals surface area contributed by atoms with Crippen molar-refractivity contribution in [2.75, 3.05) is 17.4 Å². The van der Waals surface area contributed by atoms with Crippen molar-refractivity contribution >= 4 is 21.4 Å². The van der Waals surface area contributed by atoms with Crippen LogP contribution in [0.15, 0.2) is 0 Å². The zero-order chi connectivity index (χ0) is 11.7. The Morgan fingerprint density at radius 3 is 2.33 bits per heavy atom. The predicted octanol–water partition coefficient (Wildman–Crippen LogP) is 3.25. The molecule has 1 unspecified atom stereocenters. The molecule has 2 nitrogen and oxygen atoms in total. The van der Waals surface area contributed by atoms with Gasteiger partial charge in [0.25, 0.3) is 0 Å². The van der Waals surface area contributed by atoms with Gasteiger partial charge in [-0.3, -0.25) is 0 Å². The first-order valence-corrected chi connectivity index (χ1v) is 8.13. The van der Waals surface area contributed by atoms with Crippen molar-refractivity contribution < 1.29 is 8.42 Å². The van der Waals surface area contributed by atoms with Gasteiger partial charge in [-0.15, -0.1) is 11.6 Å². The zero-order valence-electron chi connectivity index (χ0n) is 9.84. The predicted molar refractivity (Wildman–Crippen MR) is 67.3 cm³/mol. The average molecular weight is 255 g/mol. The second-order valence-corrected chi connectivity index (χ2v) is 6.91. The number of alkyl halides is 1. The lowest BCUT2D eigenvalue weighted by atomic mass is 10.1. The molecule has 0 saturated carbocycles. The van der Waals surface area contributed by atoms with Gasteiger partial charge in [-0.05, 0) is 25.2 Å². The molecule has 0 aliphatic heterocycles. The van der Waals surface area contributed by atoms with Gasteiger partial charge in [-0.1, -0.05) is 26.7 Å². The summed E-state index contributed by atoms with van der Waals surface area (Å²) in [6, 6.07) is 0. The Balaban J connectivity index is 3.73. The van der Waals surface area contributed by atoms with E-state index in [2.05, 4.69) is 13.8 Å².